The van der Waals surface area contributed by atoms with E-state index in [1.807, 2.05) is 12.1 Å². The normalized spacial score (nSPS) is 24.0. The quantitative estimate of drug-likeness (QED) is 0.347. The van der Waals surface area contributed by atoms with Gasteiger partial charge in [0.1, 0.15) is 5.75 Å². The summed E-state index contributed by atoms with van der Waals surface area (Å²) in [5, 5.41) is 53.1. The van der Waals surface area contributed by atoms with Gasteiger partial charge in [0, 0.05) is 11.0 Å². The van der Waals surface area contributed by atoms with Gasteiger partial charge in [-0.1, -0.05) is 24.6 Å². The molecule has 158 valence electrons. The molecule has 5 N–H and O–H groups in total. The monoisotopic (exact) mass is 416 g/mol. The smallest absolute Gasteiger partial charge is 0.169 e. The van der Waals surface area contributed by atoms with E-state index in [1.165, 1.54) is 11.6 Å². The third-order valence-electron chi connectivity index (χ3n) is 7.88. The van der Waals surface area contributed by atoms with Crippen molar-refractivity contribution < 1.29 is 25.5 Å². The zero-order valence-corrected chi connectivity index (χ0v) is 17.0. The van der Waals surface area contributed by atoms with Crippen molar-refractivity contribution in [2.75, 3.05) is 0 Å². The molecule has 6 rings (SSSR count). The van der Waals surface area contributed by atoms with Gasteiger partial charge >= 0.3 is 0 Å². The Bertz CT molecular complexity index is 1310. The molecule has 1 saturated carbocycles. The van der Waals surface area contributed by atoms with E-state index in [4.69, 9.17) is 0 Å². The molecule has 0 bridgehead atoms. The van der Waals surface area contributed by atoms with Crippen LogP contribution >= 0.6 is 0 Å². The Hall–Kier alpha value is -3.34. The van der Waals surface area contributed by atoms with Crippen LogP contribution in [0.4, 0.5) is 0 Å². The number of allylic oxidation sites excluding steroid dienone is 1. The second-order valence-electron chi connectivity index (χ2n) is 9.31. The van der Waals surface area contributed by atoms with Gasteiger partial charge < -0.3 is 25.5 Å². The first-order valence-electron chi connectivity index (χ1n) is 10.9. The minimum atomic E-state index is -0.326. The molecule has 0 saturated heterocycles. The zero-order chi connectivity index (χ0) is 21.5. The maximum Gasteiger partial charge on any atom is 0.169 e. The van der Waals surface area contributed by atoms with Crippen molar-refractivity contribution in [2.24, 2.45) is 5.92 Å². The number of fused-ring (bicyclic) bond motifs is 1. The van der Waals surface area contributed by atoms with E-state index in [9.17, 15) is 25.5 Å². The second-order valence-corrected chi connectivity index (χ2v) is 9.31. The minimum Gasteiger partial charge on any atom is -0.507 e. The molecule has 1 spiro atoms. The summed E-state index contributed by atoms with van der Waals surface area (Å²) < 4.78 is 0. The van der Waals surface area contributed by atoms with Crippen LogP contribution in [0.1, 0.15) is 54.4 Å². The van der Waals surface area contributed by atoms with Gasteiger partial charge in [0.25, 0.3) is 0 Å². The number of phenols is 5. The molecule has 0 aromatic heterocycles. The van der Waals surface area contributed by atoms with Crippen LogP contribution in [0.25, 0.3) is 22.4 Å². The second kappa shape index (κ2) is 6.10. The number of phenolic OH excluding ortho intramolecular Hbond substituents is 5. The maximum atomic E-state index is 10.6. The van der Waals surface area contributed by atoms with Gasteiger partial charge in [-0.25, -0.2) is 0 Å². The van der Waals surface area contributed by atoms with Gasteiger partial charge in [0.15, 0.2) is 23.0 Å². The third kappa shape index (κ3) is 2.32. The summed E-state index contributed by atoms with van der Waals surface area (Å²) in [5.41, 5.74) is 4.64. The van der Waals surface area contributed by atoms with Gasteiger partial charge in [-0.3, -0.25) is 0 Å². The Morgan fingerprint density at radius 1 is 0.871 bits per heavy atom. The van der Waals surface area contributed by atoms with Crippen molar-refractivity contribution in [2.45, 2.75) is 43.9 Å². The average molecular weight is 416 g/mol. The zero-order valence-electron chi connectivity index (χ0n) is 17.0. The first kappa shape index (κ1) is 18.4. The topological polar surface area (TPSA) is 101 Å². The molecule has 5 nitrogen and oxygen atoms in total. The van der Waals surface area contributed by atoms with Gasteiger partial charge in [0.2, 0.25) is 0 Å². The van der Waals surface area contributed by atoms with Crippen molar-refractivity contribution >= 4 is 22.4 Å². The maximum absolute atomic E-state index is 10.6. The summed E-state index contributed by atoms with van der Waals surface area (Å²) in [6.07, 6.45) is 7.84. The molecular weight excluding hydrogens is 392 g/mol. The molecule has 0 amide bonds. The van der Waals surface area contributed by atoms with E-state index >= 15 is 0 Å². The first-order chi connectivity index (χ1) is 14.9. The summed E-state index contributed by atoms with van der Waals surface area (Å²) in [6, 6.07) is 8.28. The summed E-state index contributed by atoms with van der Waals surface area (Å²) in [4.78, 5) is 0. The van der Waals surface area contributed by atoms with Crippen molar-refractivity contribution in [1.29, 1.82) is 0 Å². The molecule has 0 unspecified atom stereocenters. The van der Waals surface area contributed by atoms with Crippen molar-refractivity contribution in [1.82, 2.24) is 0 Å². The standard InChI is InChI=1S/C26H24O5/c27-19-5-1-4-16-18(11-21(29)25(31)22(16)19)14-9-13-10-20(28)24(30)17-7-6-15-3-2-8-26(15,12-14)23(13)17/h1,4-5,9-11,15,27-31H,2-3,6-8,12H2/t15-,26+/m0/s1. The number of aromatic hydroxyl groups is 5. The highest BCUT2D eigenvalue weighted by Crippen LogP contribution is 2.61. The fourth-order valence-corrected chi connectivity index (χ4v) is 6.66. The van der Waals surface area contributed by atoms with Crippen molar-refractivity contribution in [3.05, 3.63) is 52.6 Å². The molecule has 0 radical (unpaired) electrons. The highest BCUT2D eigenvalue weighted by atomic mass is 16.3. The average Bonchev–Trinajstić information content (AvgIpc) is 3.16. The molecule has 3 aromatic carbocycles. The molecule has 0 aliphatic heterocycles. The predicted molar refractivity (Wildman–Crippen MR) is 119 cm³/mol. The van der Waals surface area contributed by atoms with E-state index in [2.05, 4.69) is 0 Å². The van der Waals surface area contributed by atoms with Crippen molar-refractivity contribution in [3.63, 3.8) is 0 Å². The Morgan fingerprint density at radius 2 is 1.68 bits per heavy atom. The molecule has 2 atom stereocenters. The summed E-state index contributed by atoms with van der Waals surface area (Å²) in [6.45, 7) is 0. The summed E-state index contributed by atoms with van der Waals surface area (Å²) in [5.74, 6) is -0.255. The fraction of sp³-hybridized carbons (Fsp3) is 0.308. The Labute approximate surface area is 179 Å². The van der Waals surface area contributed by atoms with Gasteiger partial charge in [-0.15, -0.1) is 0 Å². The summed E-state index contributed by atoms with van der Waals surface area (Å²) in [7, 11) is 0. The van der Waals surface area contributed by atoms with Crippen LogP contribution in [0, 0.1) is 5.92 Å². The summed E-state index contributed by atoms with van der Waals surface area (Å²) >= 11 is 0. The SMILES string of the molecule is Oc1cc2c3c(c1O)CC[C@@H]1CCC[C@]31CC(c1cc(O)c(O)c3c(O)cccc13)=C2. The number of rotatable bonds is 1. The van der Waals surface area contributed by atoms with Crippen molar-refractivity contribution in [3.8, 4) is 28.7 Å². The predicted octanol–water partition coefficient (Wildman–Crippen LogP) is 5.30. The Kier molecular flexibility index (Phi) is 3.62. The third-order valence-corrected chi connectivity index (χ3v) is 7.88. The number of benzene rings is 3. The van der Waals surface area contributed by atoms with E-state index < -0.39 is 0 Å². The Balaban J connectivity index is 1.67. The lowest BCUT2D eigenvalue weighted by molar-refractivity contribution is 0.273. The molecule has 3 aliphatic rings. The van der Waals surface area contributed by atoms with Crippen LogP contribution in [0.15, 0.2) is 30.3 Å². The molecule has 3 aliphatic carbocycles. The molecule has 31 heavy (non-hydrogen) atoms. The minimum absolute atomic E-state index is 0.0120. The lowest BCUT2D eigenvalue weighted by Crippen LogP contribution is -2.38. The lowest BCUT2D eigenvalue weighted by atomic mass is 9.58. The van der Waals surface area contributed by atoms with E-state index in [0.29, 0.717) is 11.3 Å². The van der Waals surface area contributed by atoms with Crippen LogP contribution in [0.3, 0.4) is 0 Å². The van der Waals surface area contributed by atoms with Gasteiger partial charge in [0.05, 0.1) is 5.39 Å². The molecule has 0 heterocycles. The van der Waals surface area contributed by atoms with E-state index in [0.717, 1.165) is 60.8 Å². The fourth-order valence-electron chi connectivity index (χ4n) is 6.66. The van der Waals surface area contributed by atoms with Gasteiger partial charge in [-0.2, -0.15) is 0 Å². The van der Waals surface area contributed by atoms with E-state index in [1.54, 1.807) is 18.2 Å². The number of hydrogen-bond acceptors (Lipinski definition) is 5. The van der Waals surface area contributed by atoms with Crippen LogP contribution in [-0.4, -0.2) is 25.5 Å². The lowest BCUT2D eigenvalue weighted by Gasteiger charge is -2.46. The molecule has 1 fully saturated rings. The van der Waals surface area contributed by atoms with Crippen LogP contribution < -0.4 is 0 Å². The first-order valence-corrected chi connectivity index (χ1v) is 10.9. The highest BCUT2D eigenvalue weighted by Gasteiger charge is 2.51. The van der Waals surface area contributed by atoms with Gasteiger partial charge in [-0.05, 0) is 83.9 Å². The van der Waals surface area contributed by atoms with Crippen LogP contribution in [-0.2, 0) is 11.8 Å². The molecular formula is C26H24O5. The van der Waals surface area contributed by atoms with Crippen LogP contribution in [0.2, 0.25) is 0 Å². The Morgan fingerprint density at radius 3 is 2.52 bits per heavy atom. The van der Waals surface area contributed by atoms with E-state index in [-0.39, 0.29) is 39.5 Å². The number of hydrogen-bond donors (Lipinski definition) is 5. The largest absolute Gasteiger partial charge is 0.507 e. The molecule has 5 heteroatoms. The molecule has 3 aromatic rings. The van der Waals surface area contributed by atoms with Crippen LogP contribution in [0.5, 0.6) is 28.7 Å². The highest BCUT2D eigenvalue weighted by molar-refractivity contribution is 6.05.